The van der Waals surface area contributed by atoms with Crippen LogP contribution in [0.25, 0.3) is 0 Å². The molecule has 5 heteroatoms. The maximum Gasteiger partial charge on any atom is 0.302 e. The molecule has 12 heavy (non-hydrogen) atoms. The maximum absolute atomic E-state index is 9.82. The zero-order chi connectivity index (χ0) is 10.6. The van der Waals surface area contributed by atoms with Crippen LogP contribution in [0.4, 0.5) is 0 Å². The summed E-state index contributed by atoms with van der Waals surface area (Å²) >= 11 is 10.1. The van der Waals surface area contributed by atoms with E-state index in [4.69, 9.17) is 28.3 Å². The van der Waals surface area contributed by atoms with E-state index in [-0.39, 0.29) is 10.8 Å². The number of esters is 1. The molecule has 0 aliphatic rings. The summed E-state index contributed by atoms with van der Waals surface area (Å²) in [5.74, 6) is -0.211. The Bertz CT molecular complexity index is 84.0. The molecule has 3 nitrogen and oxygen atoms in total. The van der Waals surface area contributed by atoms with Crippen molar-refractivity contribution in [1.82, 2.24) is 0 Å². The predicted octanol–water partition coefficient (Wildman–Crippen LogP) is 1.99. The first-order valence-electron chi connectivity index (χ1n) is 3.37. The highest BCUT2D eigenvalue weighted by Crippen LogP contribution is 1.95. The summed E-state index contributed by atoms with van der Waals surface area (Å²) in [5, 5.41) is 7.00. The molecule has 0 atom stereocenters. The molecule has 76 valence electrons. The number of carbonyl (C=O) groups is 1. The highest BCUT2D eigenvalue weighted by molar-refractivity contribution is 6.43. The van der Waals surface area contributed by atoms with E-state index in [0.717, 1.165) is 7.11 Å². The molecule has 0 spiro atoms. The van der Waals surface area contributed by atoms with Gasteiger partial charge >= 0.3 is 5.97 Å². The highest BCUT2D eigenvalue weighted by atomic mass is 35.5. The fourth-order valence-corrected chi connectivity index (χ4v) is 0.203. The van der Waals surface area contributed by atoms with Crippen LogP contribution in [-0.2, 0) is 9.53 Å². The van der Waals surface area contributed by atoms with E-state index in [1.54, 1.807) is 13.8 Å². The van der Waals surface area contributed by atoms with Crippen molar-refractivity contribution in [2.75, 3.05) is 13.7 Å². The minimum atomic E-state index is -0.222. The van der Waals surface area contributed by atoms with E-state index < -0.39 is 0 Å². The number of halogens is 2. The van der Waals surface area contributed by atoms with Crippen LogP contribution in [0.15, 0.2) is 0 Å². The van der Waals surface area contributed by atoms with Crippen LogP contribution in [0.1, 0.15) is 20.8 Å². The summed E-state index contributed by atoms with van der Waals surface area (Å²) in [4.78, 5) is 9.60. The molecule has 0 aromatic heterocycles. The molecule has 0 saturated heterocycles. The van der Waals surface area contributed by atoms with Gasteiger partial charge in [0.2, 0.25) is 0 Å². The monoisotopic (exact) mass is 218 g/mol. The summed E-state index contributed by atoms with van der Waals surface area (Å²) in [6, 6.07) is 0. The smallest absolute Gasteiger partial charge is 0.302 e. The SMILES string of the molecule is CC(Cl)Cl.CCOC(C)=O.CO. The predicted molar refractivity (Wildman–Crippen MR) is 51.6 cm³/mol. The molecule has 0 amide bonds. The molecular weight excluding hydrogens is 203 g/mol. The van der Waals surface area contributed by atoms with Crippen LogP contribution < -0.4 is 0 Å². The Kier molecular flexibility index (Phi) is 25.7. The fraction of sp³-hybridized carbons (Fsp3) is 0.857. The Labute approximate surface area is 83.6 Å². The zero-order valence-corrected chi connectivity index (χ0v) is 9.32. The first-order chi connectivity index (χ1) is 5.50. The van der Waals surface area contributed by atoms with Crippen LogP contribution in [0.3, 0.4) is 0 Å². The summed E-state index contributed by atoms with van der Waals surface area (Å²) in [5.41, 5.74) is 0. The van der Waals surface area contributed by atoms with Crippen LogP contribution in [0.2, 0.25) is 0 Å². The van der Waals surface area contributed by atoms with Gasteiger partial charge in [0.1, 0.15) is 4.84 Å². The van der Waals surface area contributed by atoms with Crippen LogP contribution in [0.5, 0.6) is 0 Å². The second-order valence-electron chi connectivity index (χ2n) is 1.44. The average molecular weight is 219 g/mol. The number of ether oxygens (including phenoxy) is 1. The maximum atomic E-state index is 9.82. The Morgan fingerprint density at radius 3 is 1.75 bits per heavy atom. The zero-order valence-electron chi connectivity index (χ0n) is 7.80. The molecular formula is C7H16Cl2O3. The van der Waals surface area contributed by atoms with Gasteiger partial charge in [0.05, 0.1) is 6.61 Å². The van der Waals surface area contributed by atoms with Crippen molar-refractivity contribution in [3.63, 3.8) is 0 Å². The Balaban J connectivity index is -0.000000118. The second-order valence-corrected chi connectivity index (χ2v) is 2.98. The number of alkyl halides is 2. The molecule has 0 unspecified atom stereocenters. The van der Waals surface area contributed by atoms with Gasteiger partial charge in [-0.25, -0.2) is 0 Å². The van der Waals surface area contributed by atoms with E-state index in [2.05, 4.69) is 4.74 Å². The molecule has 0 fully saturated rings. The first kappa shape index (κ1) is 17.9. The second kappa shape index (κ2) is 17.2. The molecule has 0 rings (SSSR count). The lowest BCUT2D eigenvalue weighted by Crippen LogP contribution is -1.95. The van der Waals surface area contributed by atoms with Crippen molar-refractivity contribution in [2.45, 2.75) is 25.6 Å². The van der Waals surface area contributed by atoms with Crippen molar-refractivity contribution in [3.8, 4) is 0 Å². The van der Waals surface area contributed by atoms with Gasteiger partial charge in [-0.1, -0.05) is 0 Å². The van der Waals surface area contributed by atoms with Gasteiger partial charge in [0.15, 0.2) is 0 Å². The molecule has 0 aromatic carbocycles. The minimum Gasteiger partial charge on any atom is -0.466 e. The van der Waals surface area contributed by atoms with Gasteiger partial charge in [-0.15, -0.1) is 23.2 Å². The van der Waals surface area contributed by atoms with Crippen LogP contribution in [0, 0.1) is 0 Å². The number of hydrogen-bond donors (Lipinski definition) is 1. The van der Waals surface area contributed by atoms with Gasteiger partial charge in [-0.2, -0.15) is 0 Å². The minimum absolute atomic E-state index is 0.211. The van der Waals surface area contributed by atoms with E-state index in [1.165, 1.54) is 6.92 Å². The Morgan fingerprint density at radius 1 is 1.50 bits per heavy atom. The molecule has 0 radical (unpaired) electrons. The summed E-state index contributed by atoms with van der Waals surface area (Å²) in [7, 11) is 1.00. The fourth-order valence-electron chi connectivity index (χ4n) is 0.203. The number of aliphatic hydroxyl groups is 1. The summed E-state index contributed by atoms with van der Waals surface area (Å²) < 4.78 is 4.40. The summed E-state index contributed by atoms with van der Waals surface area (Å²) in [6.07, 6.45) is 0. The number of rotatable bonds is 1. The van der Waals surface area contributed by atoms with Crippen LogP contribution >= 0.6 is 23.2 Å². The van der Waals surface area contributed by atoms with Gasteiger partial charge in [0.25, 0.3) is 0 Å². The lowest BCUT2D eigenvalue weighted by molar-refractivity contribution is -0.140. The Hall–Kier alpha value is 0.01000. The number of carbonyl (C=O) groups excluding carboxylic acids is 1. The van der Waals surface area contributed by atoms with E-state index >= 15 is 0 Å². The molecule has 0 saturated carbocycles. The molecule has 1 N–H and O–H groups in total. The summed E-state index contributed by atoms with van der Waals surface area (Å²) in [6.45, 7) is 5.35. The molecule has 0 aliphatic carbocycles. The van der Waals surface area contributed by atoms with E-state index in [1.807, 2.05) is 0 Å². The van der Waals surface area contributed by atoms with Gasteiger partial charge < -0.3 is 9.84 Å². The third kappa shape index (κ3) is 89.7. The van der Waals surface area contributed by atoms with Crippen molar-refractivity contribution in [2.24, 2.45) is 0 Å². The average Bonchev–Trinajstić information content (AvgIpc) is 1.90. The van der Waals surface area contributed by atoms with Crippen molar-refractivity contribution in [1.29, 1.82) is 0 Å². The Morgan fingerprint density at radius 2 is 1.75 bits per heavy atom. The van der Waals surface area contributed by atoms with E-state index in [0.29, 0.717) is 6.61 Å². The van der Waals surface area contributed by atoms with Gasteiger partial charge in [0, 0.05) is 14.0 Å². The standard InChI is InChI=1S/C4H8O2.C2H4Cl2.CH4O/c1-3-6-4(2)5;1-2(3)4;1-2/h3H2,1-2H3;2H,1H3;2H,1H3. The number of aliphatic hydroxyl groups excluding tert-OH is 1. The van der Waals surface area contributed by atoms with E-state index in [9.17, 15) is 4.79 Å². The van der Waals surface area contributed by atoms with Crippen molar-refractivity contribution in [3.05, 3.63) is 0 Å². The highest BCUT2D eigenvalue weighted by Gasteiger charge is 1.81. The van der Waals surface area contributed by atoms with Gasteiger partial charge in [-0.3, -0.25) is 4.79 Å². The normalized spacial score (nSPS) is 7.33. The topological polar surface area (TPSA) is 46.5 Å². The lowest BCUT2D eigenvalue weighted by atomic mass is 10.8. The molecule has 0 heterocycles. The lowest BCUT2D eigenvalue weighted by Gasteiger charge is -1.89. The molecule has 0 bridgehead atoms. The quantitative estimate of drug-likeness (QED) is 0.541. The molecule has 0 aromatic rings. The van der Waals surface area contributed by atoms with Gasteiger partial charge in [-0.05, 0) is 13.8 Å². The largest absolute Gasteiger partial charge is 0.466 e. The van der Waals surface area contributed by atoms with Crippen molar-refractivity contribution < 1.29 is 14.6 Å². The molecule has 0 aliphatic heterocycles. The first-order valence-corrected chi connectivity index (χ1v) is 4.24. The van der Waals surface area contributed by atoms with Crippen molar-refractivity contribution >= 4 is 29.2 Å². The third-order valence-electron chi connectivity index (χ3n) is 0.348. The number of hydrogen-bond acceptors (Lipinski definition) is 3. The third-order valence-corrected chi connectivity index (χ3v) is 0.348. The van der Waals surface area contributed by atoms with Crippen LogP contribution in [-0.4, -0.2) is 29.6 Å².